The predicted molar refractivity (Wildman–Crippen MR) is 107 cm³/mol. The van der Waals surface area contributed by atoms with Gasteiger partial charge in [-0.1, -0.05) is 43.2 Å². The van der Waals surface area contributed by atoms with Crippen LogP contribution in [0.3, 0.4) is 0 Å². The van der Waals surface area contributed by atoms with Gasteiger partial charge in [0, 0.05) is 11.8 Å². The summed E-state index contributed by atoms with van der Waals surface area (Å²) in [6.45, 7) is 0. The molecule has 28 heavy (non-hydrogen) atoms. The standard InChI is InChI=1S/C21H23N3O3S/c1-26-20(25)16-11-9-15(10-12-16)14-28-21-23-22-19(18-8-5-13-27-18)24(21)17-6-3-2-4-7-17/h5,8-13,17H,2-4,6-7,14H2,1H3. The van der Waals surface area contributed by atoms with Crippen molar-refractivity contribution in [3.05, 3.63) is 53.8 Å². The Bertz CT molecular complexity index is 913. The van der Waals surface area contributed by atoms with Crippen LogP contribution < -0.4 is 0 Å². The van der Waals surface area contributed by atoms with Crippen LogP contribution in [0.1, 0.15) is 54.1 Å². The topological polar surface area (TPSA) is 70.2 Å². The van der Waals surface area contributed by atoms with Gasteiger partial charge in [0.2, 0.25) is 5.82 Å². The fourth-order valence-electron chi connectivity index (χ4n) is 3.62. The van der Waals surface area contributed by atoms with Crippen LogP contribution in [0.15, 0.2) is 52.2 Å². The summed E-state index contributed by atoms with van der Waals surface area (Å²) in [7, 11) is 1.39. The zero-order chi connectivity index (χ0) is 19.3. The van der Waals surface area contributed by atoms with E-state index in [0.717, 1.165) is 40.9 Å². The Hall–Kier alpha value is -2.54. The highest BCUT2D eigenvalue weighted by Gasteiger charge is 2.25. The van der Waals surface area contributed by atoms with Crippen molar-refractivity contribution in [2.45, 2.75) is 49.1 Å². The summed E-state index contributed by atoms with van der Waals surface area (Å²) in [5.74, 6) is 2.00. The van der Waals surface area contributed by atoms with Gasteiger partial charge in [-0.2, -0.15) is 0 Å². The third-order valence-electron chi connectivity index (χ3n) is 5.09. The molecule has 1 aliphatic carbocycles. The lowest BCUT2D eigenvalue weighted by Crippen LogP contribution is -2.15. The Morgan fingerprint density at radius 3 is 2.64 bits per heavy atom. The van der Waals surface area contributed by atoms with Gasteiger partial charge in [-0.25, -0.2) is 4.79 Å². The number of nitrogens with zero attached hydrogens (tertiary/aromatic N) is 3. The lowest BCUT2D eigenvalue weighted by molar-refractivity contribution is 0.0600. The molecule has 0 unspecified atom stereocenters. The molecule has 0 amide bonds. The first-order chi connectivity index (χ1) is 13.8. The van der Waals surface area contributed by atoms with E-state index >= 15 is 0 Å². The first kappa shape index (κ1) is 18.8. The summed E-state index contributed by atoms with van der Waals surface area (Å²) >= 11 is 1.66. The number of hydrogen-bond donors (Lipinski definition) is 0. The number of hydrogen-bond acceptors (Lipinski definition) is 6. The van der Waals surface area contributed by atoms with Crippen molar-refractivity contribution in [1.82, 2.24) is 14.8 Å². The minimum atomic E-state index is -0.320. The monoisotopic (exact) mass is 397 g/mol. The lowest BCUT2D eigenvalue weighted by atomic mass is 9.95. The number of carbonyl (C=O) groups is 1. The smallest absolute Gasteiger partial charge is 0.337 e. The molecule has 1 aromatic carbocycles. The molecular weight excluding hydrogens is 374 g/mol. The number of ether oxygens (including phenoxy) is 1. The first-order valence-corrected chi connectivity index (χ1v) is 10.5. The average molecular weight is 398 g/mol. The highest BCUT2D eigenvalue weighted by molar-refractivity contribution is 7.98. The number of furan rings is 1. The zero-order valence-electron chi connectivity index (χ0n) is 15.8. The van der Waals surface area contributed by atoms with Crippen molar-refractivity contribution in [2.75, 3.05) is 7.11 Å². The molecule has 2 aromatic heterocycles. The maximum atomic E-state index is 11.6. The Morgan fingerprint density at radius 1 is 1.18 bits per heavy atom. The third kappa shape index (κ3) is 3.99. The fourth-order valence-corrected chi connectivity index (χ4v) is 4.58. The quantitative estimate of drug-likeness (QED) is 0.425. The molecule has 7 heteroatoms. The van der Waals surface area contributed by atoms with E-state index in [1.54, 1.807) is 30.2 Å². The highest BCUT2D eigenvalue weighted by atomic mass is 32.2. The Morgan fingerprint density at radius 2 is 1.96 bits per heavy atom. The van der Waals surface area contributed by atoms with E-state index < -0.39 is 0 Å². The molecule has 0 radical (unpaired) electrons. The number of carbonyl (C=O) groups excluding carboxylic acids is 1. The van der Waals surface area contributed by atoms with Gasteiger partial charge in [0.05, 0.1) is 18.9 Å². The van der Waals surface area contributed by atoms with Crippen molar-refractivity contribution in [3.8, 4) is 11.6 Å². The molecule has 3 aromatic rings. The van der Waals surface area contributed by atoms with Gasteiger partial charge in [0.15, 0.2) is 10.9 Å². The SMILES string of the molecule is COC(=O)c1ccc(CSc2nnc(-c3ccco3)n2C2CCCCC2)cc1. The van der Waals surface area contributed by atoms with Crippen LogP contribution in [0.2, 0.25) is 0 Å². The molecule has 146 valence electrons. The maximum absolute atomic E-state index is 11.6. The van der Waals surface area contributed by atoms with Crippen molar-refractivity contribution < 1.29 is 13.9 Å². The second kappa shape index (κ2) is 8.65. The minimum absolute atomic E-state index is 0.320. The van der Waals surface area contributed by atoms with Crippen molar-refractivity contribution in [3.63, 3.8) is 0 Å². The summed E-state index contributed by atoms with van der Waals surface area (Å²) < 4.78 is 12.6. The molecule has 0 aliphatic heterocycles. The molecule has 0 bridgehead atoms. The number of esters is 1. The second-order valence-corrected chi connectivity index (χ2v) is 7.86. The van der Waals surface area contributed by atoms with E-state index in [-0.39, 0.29) is 5.97 Å². The molecule has 0 N–H and O–H groups in total. The number of methoxy groups -OCH3 is 1. The molecule has 2 heterocycles. The van der Waals surface area contributed by atoms with Gasteiger partial charge in [-0.3, -0.25) is 4.57 Å². The van der Waals surface area contributed by atoms with Gasteiger partial charge in [0.25, 0.3) is 0 Å². The molecule has 0 spiro atoms. The van der Waals surface area contributed by atoms with Crippen LogP contribution in [-0.2, 0) is 10.5 Å². The van der Waals surface area contributed by atoms with Gasteiger partial charge in [-0.05, 0) is 42.7 Å². The van der Waals surface area contributed by atoms with Gasteiger partial charge < -0.3 is 9.15 Å². The van der Waals surface area contributed by atoms with E-state index in [9.17, 15) is 4.79 Å². The third-order valence-corrected chi connectivity index (χ3v) is 6.10. The normalized spacial score (nSPS) is 14.9. The van der Waals surface area contributed by atoms with Gasteiger partial charge >= 0.3 is 5.97 Å². The summed E-state index contributed by atoms with van der Waals surface area (Å²) in [5, 5.41) is 9.81. The summed E-state index contributed by atoms with van der Waals surface area (Å²) in [4.78, 5) is 11.6. The average Bonchev–Trinajstić information content (AvgIpc) is 3.42. The van der Waals surface area contributed by atoms with E-state index in [4.69, 9.17) is 9.15 Å². The Kier molecular flexibility index (Phi) is 5.81. The molecule has 6 nitrogen and oxygen atoms in total. The minimum Gasteiger partial charge on any atom is -0.465 e. The number of thioether (sulfide) groups is 1. The molecule has 0 atom stereocenters. The number of rotatable bonds is 6. The van der Waals surface area contributed by atoms with Crippen LogP contribution in [0.4, 0.5) is 0 Å². The lowest BCUT2D eigenvalue weighted by Gasteiger charge is -2.25. The van der Waals surface area contributed by atoms with Crippen LogP contribution in [0.5, 0.6) is 0 Å². The molecule has 1 fully saturated rings. The van der Waals surface area contributed by atoms with E-state index in [2.05, 4.69) is 14.8 Å². The molecular formula is C21H23N3O3S. The van der Waals surface area contributed by atoms with Gasteiger partial charge in [0.1, 0.15) is 0 Å². The Balaban J connectivity index is 1.55. The molecule has 1 aliphatic rings. The van der Waals surface area contributed by atoms with Crippen LogP contribution >= 0.6 is 11.8 Å². The largest absolute Gasteiger partial charge is 0.465 e. The van der Waals surface area contributed by atoms with Crippen LogP contribution in [0.25, 0.3) is 11.6 Å². The fraction of sp³-hybridized carbons (Fsp3) is 0.381. The Labute approximate surface area is 168 Å². The number of benzene rings is 1. The molecule has 4 rings (SSSR count). The summed E-state index contributed by atoms with van der Waals surface area (Å²) in [6.07, 6.45) is 7.73. The van der Waals surface area contributed by atoms with Gasteiger partial charge in [-0.15, -0.1) is 10.2 Å². The van der Waals surface area contributed by atoms with E-state index in [0.29, 0.717) is 11.6 Å². The van der Waals surface area contributed by atoms with Crippen LogP contribution in [-0.4, -0.2) is 27.8 Å². The summed E-state index contributed by atoms with van der Waals surface area (Å²) in [6, 6.07) is 11.7. The second-order valence-electron chi connectivity index (χ2n) is 6.92. The highest BCUT2D eigenvalue weighted by Crippen LogP contribution is 2.36. The number of aromatic nitrogens is 3. The first-order valence-electron chi connectivity index (χ1n) is 9.55. The van der Waals surface area contributed by atoms with Crippen LogP contribution in [0, 0.1) is 0 Å². The molecule has 0 saturated heterocycles. The van der Waals surface area contributed by atoms with E-state index in [1.807, 2.05) is 24.3 Å². The zero-order valence-corrected chi connectivity index (χ0v) is 16.7. The van der Waals surface area contributed by atoms with Crippen molar-refractivity contribution >= 4 is 17.7 Å². The van der Waals surface area contributed by atoms with Crippen molar-refractivity contribution in [2.24, 2.45) is 0 Å². The maximum Gasteiger partial charge on any atom is 0.337 e. The molecule has 1 saturated carbocycles. The predicted octanol–water partition coefficient (Wildman–Crippen LogP) is 5.12. The summed E-state index contributed by atoms with van der Waals surface area (Å²) in [5.41, 5.74) is 1.68. The van der Waals surface area contributed by atoms with E-state index in [1.165, 1.54) is 26.4 Å². The van der Waals surface area contributed by atoms with Crippen molar-refractivity contribution in [1.29, 1.82) is 0 Å².